The molecule has 88 valence electrons. The molecule has 0 aliphatic carbocycles. The Bertz CT molecular complexity index is 381. The van der Waals surface area contributed by atoms with Gasteiger partial charge in [-0.05, 0) is 25.1 Å². The highest BCUT2D eigenvalue weighted by atomic mass is 19.1. The number of carbonyl (C=O) groups excluding carboxylic acids is 1. The minimum Gasteiger partial charge on any atom is -0.479 e. The zero-order valence-corrected chi connectivity index (χ0v) is 9.20. The summed E-state index contributed by atoms with van der Waals surface area (Å²) in [6.07, 6.45) is -0.749. The molecule has 0 fully saturated rings. The van der Waals surface area contributed by atoms with Crippen LogP contribution in [0.5, 0.6) is 5.75 Å². The smallest absolute Gasteiger partial charge is 0.346 e. The van der Waals surface area contributed by atoms with Crippen LogP contribution < -0.4 is 10.5 Å². The van der Waals surface area contributed by atoms with Crippen LogP contribution in [0.3, 0.4) is 0 Å². The topological polar surface area (TPSA) is 61.5 Å². The second kappa shape index (κ2) is 5.46. The van der Waals surface area contributed by atoms with Gasteiger partial charge in [0, 0.05) is 12.1 Å². The van der Waals surface area contributed by atoms with E-state index in [1.807, 2.05) is 0 Å². The molecule has 0 aromatic heterocycles. The maximum Gasteiger partial charge on any atom is 0.346 e. The molecule has 0 aliphatic heterocycles. The number of hydrogen-bond donors (Lipinski definition) is 1. The van der Waals surface area contributed by atoms with E-state index in [2.05, 4.69) is 4.74 Å². The summed E-state index contributed by atoms with van der Waals surface area (Å²) in [4.78, 5) is 11.1. The zero-order chi connectivity index (χ0) is 12.1. The van der Waals surface area contributed by atoms with Gasteiger partial charge in [-0.1, -0.05) is 0 Å². The first kappa shape index (κ1) is 12.4. The maximum atomic E-state index is 12.9. The monoisotopic (exact) mass is 227 g/mol. The second-order valence-electron chi connectivity index (χ2n) is 3.24. The normalized spacial score (nSPS) is 12.0. The summed E-state index contributed by atoms with van der Waals surface area (Å²) in [5.41, 5.74) is 5.95. The first-order chi connectivity index (χ1) is 7.58. The van der Waals surface area contributed by atoms with Gasteiger partial charge in [-0.3, -0.25) is 0 Å². The molecule has 0 amide bonds. The number of methoxy groups -OCH3 is 1. The van der Waals surface area contributed by atoms with Crippen molar-refractivity contribution in [3.63, 3.8) is 0 Å². The largest absolute Gasteiger partial charge is 0.479 e. The molecule has 2 N–H and O–H groups in total. The molecule has 1 atom stereocenters. The fraction of sp³-hybridized carbons (Fsp3) is 0.364. The van der Waals surface area contributed by atoms with Crippen LogP contribution in [0.25, 0.3) is 0 Å². The van der Waals surface area contributed by atoms with Gasteiger partial charge in [0.05, 0.1) is 7.11 Å². The standard InChI is InChI=1S/C11H14FNO3/c1-7(11(14)15-2)16-10-4-3-9(12)5-8(10)6-13/h3-5,7H,6,13H2,1-2H3. The van der Waals surface area contributed by atoms with E-state index in [1.165, 1.54) is 25.3 Å². The number of esters is 1. The number of halogens is 1. The minimum atomic E-state index is -0.749. The van der Waals surface area contributed by atoms with E-state index in [-0.39, 0.29) is 6.54 Å². The number of carbonyl (C=O) groups is 1. The Morgan fingerprint density at radius 3 is 2.81 bits per heavy atom. The molecular formula is C11H14FNO3. The Morgan fingerprint density at radius 1 is 1.56 bits per heavy atom. The highest BCUT2D eigenvalue weighted by Gasteiger charge is 2.16. The summed E-state index contributed by atoms with van der Waals surface area (Å²) in [5.74, 6) is -0.493. The second-order valence-corrected chi connectivity index (χ2v) is 3.24. The number of benzene rings is 1. The SMILES string of the molecule is COC(=O)C(C)Oc1ccc(F)cc1CN. The molecule has 1 aromatic rings. The summed E-state index contributed by atoms with van der Waals surface area (Å²) in [6.45, 7) is 1.69. The van der Waals surface area contributed by atoms with Crippen molar-refractivity contribution >= 4 is 5.97 Å². The third kappa shape index (κ3) is 2.93. The predicted molar refractivity (Wildman–Crippen MR) is 56.4 cm³/mol. The summed E-state index contributed by atoms with van der Waals surface area (Å²) in [6, 6.07) is 3.97. The third-order valence-electron chi connectivity index (χ3n) is 2.08. The number of nitrogens with two attached hydrogens (primary N) is 1. The Kier molecular flexibility index (Phi) is 4.25. The molecule has 0 saturated heterocycles. The van der Waals surface area contributed by atoms with Crippen molar-refractivity contribution in [1.82, 2.24) is 0 Å². The van der Waals surface area contributed by atoms with Crippen molar-refractivity contribution in [2.24, 2.45) is 5.73 Å². The van der Waals surface area contributed by atoms with Gasteiger partial charge < -0.3 is 15.2 Å². The van der Waals surface area contributed by atoms with Crippen LogP contribution in [0.4, 0.5) is 4.39 Å². The van der Waals surface area contributed by atoms with Crippen LogP contribution in [0, 0.1) is 5.82 Å². The van der Waals surface area contributed by atoms with Gasteiger partial charge in [0.1, 0.15) is 11.6 Å². The van der Waals surface area contributed by atoms with Crippen molar-refractivity contribution < 1.29 is 18.7 Å². The van der Waals surface area contributed by atoms with Gasteiger partial charge in [0.15, 0.2) is 6.10 Å². The number of ether oxygens (including phenoxy) is 2. The van der Waals surface area contributed by atoms with Gasteiger partial charge >= 0.3 is 5.97 Å². The molecule has 0 spiro atoms. The molecule has 1 unspecified atom stereocenters. The first-order valence-corrected chi connectivity index (χ1v) is 4.81. The van der Waals surface area contributed by atoms with E-state index in [4.69, 9.17) is 10.5 Å². The minimum absolute atomic E-state index is 0.140. The summed E-state index contributed by atoms with van der Waals surface area (Å²) < 4.78 is 22.7. The van der Waals surface area contributed by atoms with Crippen LogP contribution in [0.15, 0.2) is 18.2 Å². The Balaban J connectivity index is 2.84. The van der Waals surface area contributed by atoms with Gasteiger partial charge in [0.2, 0.25) is 0 Å². The van der Waals surface area contributed by atoms with E-state index in [0.717, 1.165) is 0 Å². The first-order valence-electron chi connectivity index (χ1n) is 4.81. The van der Waals surface area contributed by atoms with E-state index < -0.39 is 17.9 Å². The maximum absolute atomic E-state index is 12.9. The van der Waals surface area contributed by atoms with Gasteiger partial charge in [-0.15, -0.1) is 0 Å². The lowest BCUT2D eigenvalue weighted by molar-refractivity contribution is -0.147. The number of rotatable bonds is 4. The average molecular weight is 227 g/mol. The molecule has 0 aliphatic rings. The van der Waals surface area contributed by atoms with E-state index in [0.29, 0.717) is 11.3 Å². The molecule has 4 nitrogen and oxygen atoms in total. The van der Waals surface area contributed by atoms with E-state index in [1.54, 1.807) is 6.92 Å². The summed E-state index contributed by atoms with van der Waals surface area (Å²) in [5, 5.41) is 0. The Hall–Kier alpha value is -1.62. The average Bonchev–Trinajstić information content (AvgIpc) is 2.30. The van der Waals surface area contributed by atoms with Crippen molar-refractivity contribution in [1.29, 1.82) is 0 Å². The van der Waals surface area contributed by atoms with E-state index in [9.17, 15) is 9.18 Å². The molecule has 1 aromatic carbocycles. The fourth-order valence-corrected chi connectivity index (χ4v) is 1.23. The molecule has 0 saturated carbocycles. The van der Waals surface area contributed by atoms with Crippen LogP contribution >= 0.6 is 0 Å². The molecule has 5 heteroatoms. The highest BCUT2D eigenvalue weighted by Crippen LogP contribution is 2.20. The molecule has 0 bridgehead atoms. The van der Waals surface area contributed by atoms with Crippen molar-refractivity contribution in [2.45, 2.75) is 19.6 Å². The zero-order valence-electron chi connectivity index (χ0n) is 9.20. The van der Waals surface area contributed by atoms with Crippen LogP contribution in [0.2, 0.25) is 0 Å². The quantitative estimate of drug-likeness (QED) is 0.786. The summed E-state index contributed by atoms with van der Waals surface area (Å²) in [7, 11) is 1.27. The van der Waals surface area contributed by atoms with Gasteiger partial charge in [0.25, 0.3) is 0 Å². The van der Waals surface area contributed by atoms with Crippen molar-refractivity contribution in [3.8, 4) is 5.75 Å². The lowest BCUT2D eigenvalue weighted by Crippen LogP contribution is -2.25. The van der Waals surface area contributed by atoms with Gasteiger partial charge in [-0.25, -0.2) is 9.18 Å². The molecular weight excluding hydrogens is 213 g/mol. The highest BCUT2D eigenvalue weighted by molar-refractivity contribution is 5.74. The number of hydrogen-bond acceptors (Lipinski definition) is 4. The van der Waals surface area contributed by atoms with Crippen molar-refractivity contribution in [3.05, 3.63) is 29.6 Å². The molecule has 16 heavy (non-hydrogen) atoms. The molecule has 1 rings (SSSR count). The van der Waals surface area contributed by atoms with Gasteiger partial charge in [-0.2, -0.15) is 0 Å². The predicted octanol–water partition coefficient (Wildman–Crippen LogP) is 1.22. The summed E-state index contributed by atoms with van der Waals surface area (Å²) >= 11 is 0. The Morgan fingerprint density at radius 2 is 2.25 bits per heavy atom. The van der Waals surface area contributed by atoms with Crippen LogP contribution in [0.1, 0.15) is 12.5 Å². The van der Waals surface area contributed by atoms with Crippen LogP contribution in [-0.2, 0) is 16.1 Å². The van der Waals surface area contributed by atoms with E-state index >= 15 is 0 Å². The lowest BCUT2D eigenvalue weighted by Gasteiger charge is -2.15. The third-order valence-corrected chi connectivity index (χ3v) is 2.08. The molecule has 0 radical (unpaired) electrons. The molecule has 0 heterocycles. The van der Waals surface area contributed by atoms with Crippen molar-refractivity contribution in [2.75, 3.05) is 7.11 Å². The Labute approximate surface area is 93.2 Å². The van der Waals surface area contributed by atoms with Crippen LogP contribution in [-0.4, -0.2) is 19.2 Å². The fourth-order valence-electron chi connectivity index (χ4n) is 1.23. The lowest BCUT2D eigenvalue weighted by atomic mass is 10.2.